The zero-order valence-corrected chi connectivity index (χ0v) is 28.1. The molecule has 7 aromatic rings. The lowest BCUT2D eigenvalue weighted by Crippen LogP contribution is -2.32. The van der Waals surface area contributed by atoms with E-state index in [4.69, 9.17) is 0 Å². The molecule has 1 unspecified atom stereocenters. The van der Waals surface area contributed by atoms with Crippen LogP contribution in [-0.4, -0.2) is 9.13 Å². The van der Waals surface area contributed by atoms with Crippen molar-refractivity contribution in [1.29, 1.82) is 0 Å². The van der Waals surface area contributed by atoms with E-state index in [0.717, 1.165) is 32.1 Å². The summed E-state index contributed by atoms with van der Waals surface area (Å²) in [6, 6.07) is 46.7. The summed E-state index contributed by atoms with van der Waals surface area (Å²) in [6.45, 7) is 0. The molecule has 1 atom stereocenters. The summed E-state index contributed by atoms with van der Waals surface area (Å²) < 4.78 is 5.03. The first-order valence-electron chi connectivity index (χ1n) is 18.1. The van der Waals surface area contributed by atoms with Crippen LogP contribution in [0.5, 0.6) is 0 Å². The fourth-order valence-electron chi connectivity index (χ4n) is 8.65. The first-order valence-corrected chi connectivity index (χ1v) is 18.1. The number of allylic oxidation sites excluding steroid dienone is 8. The summed E-state index contributed by atoms with van der Waals surface area (Å²) in [6.07, 6.45) is 19.5. The maximum atomic E-state index is 2.54. The third-order valence-corrected chi connectivity index (χ3v) is 11.1. The normalized spacial score (nSPS) is 17.4. The van der Waals surface area contributed by atoms with Gasteiger partial charge < -0.3 is 9.13 Å². The topological polar surface area (TPSA) is 9.86 Å². The fraction of sp³-hybridized carbons (Fsp3) is 0.125. The van der Waals surface area contributed by atoms with Crippen molar-refractivity contribution in [3.05, 3.63) is 179 Å². The lowest BCUT2D eigenvalue weighted by Gasteiger charge is -2.19. The molecule has 0 spiro atoms. The van der Waals surface area contributed by atoms with E-state index in [1.807, 2.05) is 0 Å². The maximum Gasteiger partial charge on any atom is 0.0538 e. The Balaban J connectivity index is 1.05. The average Bonchev–Trinajstić information content (AvgIpc) is 3.71. The van der Waals surface area contributed by atoms with Gasteiger partial charge in [0.25, 0.3) is 0 Å². The lowest BCUT2D eigenvalue weighted by molar-refractivity contribution is 0.898. The number of rotatable bonds is 5. The molecule has 0 saturated carbocycles. The van der Waals surface area contributed by atoms with Gasteiger partial charge in [-0.15, -0.1) is 0 Å². The highest BCUT2D eigenvalue weighted by atomic mass is 15.0. The first kappa shape index (κ1) is 29.1. The molecule has 10 rings (SSSR count). The number of hydrogen-bond donors (Lipinski definition) is 0. The molecule has 0 amide bonds. The van der Waals surface area contributed by atoms with Crippen molar-refractivity contribution < 1.29 is 0 Å². The Hall–Kier alpha value is -5.86. The van der Waals surface area contributed by atoms with Crippen LogP contribution in [0.1, 0.15) is 54.7 Å². The third kappa shape index (κ3) is 4.78. The van der Waals surface area contributed by atoms with E-state index in [1.54, 1.807) is 0 Å². The molecule has 0 saturated heterocycles. The Morgan fingerprint density at radius 2 is 1.02 bits per heavy atom. The molecule has 5 aromatic carbocycles. The van der Waals surface area contributed by atoms with Gasteiger partial charge >= 0.3 is 0 Å². The molecule has 0 N–H and O–H groups in total. The standard InChI is InChI=1S/C48H38N2/c1-3-11-33(12-4-1)35-19-25-39(26-20-35)49-45-17-9-7-15-41(45)43-31-37(23-29-47(43)49)38-24-30-48-44(32-38)42-16-8-10-18-46(42)50(48)40-27-21-36(22-28-40)34-13-5-2-6-14-34/h1-19,21,23,25,27,29-32,38H,20,22,24,26,28H2. The Morgan fingerprint density at radius 3 is 1.66 bits per heavy atom. The summed E-state index contributed by atoms with van der Waals surface area (Å²) in [7, 11) is 0. The highest BCUT2D eigenvalue weighted by molar-refractivity contribution is 6.10. The van der Waals surface area contributed by atoms with Gasteiger partial charge in [-0.2, -0.15) is 0 Å². The predicted molar refractivity (Wildman–Crippen MR) is 213 cm³/mol. The minimum atomic E-state index is 0.323. The van der Waals surface area contributed by atoms with E-state index in [0.29, 0.717) is 5.92 Å². The van der Waals surface area contributed by atoms with Gasteiger partial charge in [0.15, 0.2) is 0 Å². The zero-order valence-electron chi connectivity index (χ0n) is 28.1. The number of aromatic nitrogens is 2. The second kappa shape index (κ2) is 11.9. The first-order chi connectivity index (χ1) is 24.8. The molecule has 2 heterocycles. The van der Waals surface area contributed by atoms with E-state index in [-0.39, 0.29) is 0 Å². The van der Waals surface area contributed by atoms with Crippen LogP contribution in [0.2, 0.25) is 0 Å². The van der Waals surface area contributed by atoms with Crippen LogP contribution in [-0.2, 0) is 0 Å². The highest BCUT2D eigenvalue weighted by Crippen LogP contribution is 2.38. The highest BCUT2D eigenvalue weighted by Gasteiger charge is 2.21. The summed E-state index contributed by atoms with van der Waals surface area (Å²) in [5, 5.41) is 6.72. The molecule has 0 fully saturated rings. The summed E-state index contributed by atoms with van der Waals surface area (Å²) in [5.74, 6) is 0.323. The smallest absolute Gasteiger partial charge is 0.0538 e. The summed E-state index contributed by atoms with van der Waals surface area (Å²) in [5.41, 5.74) is 13.5. The zero-order chi connectivity index (χ0) is 33.0. The second-order valence-electron chi connectivity index (χ2n) is 13.9. The van der Waals surface area contributed by atoms with Crippen molar-refractivity contribution in [2.45, 2.75) is 38.0 Å². The molecule has 0 bridgehead atoms. The summed E-state index contributed by atoms with van der Waals surface area (Å²) in [4.78, 5) is 0. The van der Waals surface area contributed by atoms with Gasteiger partial charge in [0.2, 0.25) is 0 Å². The quantitative estimate of drug-likeness (QED) is 0.177. The molecule has 3 aliphatic carbocycles. The van der Waals surface area contributed by atoms with Crippen LogP contribution in [0.15, 0.2) is 152 Å². The predicted octanol–water partition coefficient (Wildman–Crippen LogP) is 10.9. The fourth-order valence-corrected chi connectivity index (χ4v) is 8.65. The van der Waals surface area contributed by atoms with Gasteiger partial charge in [0, 0.05) is 44.0 Å². The molecule has 2 heteroatoms. The molecular weight excluding hydrogens is 605 g/mol. The van der Waals surface area contributed by atoms with Crippen molar-refractivity contribution in [2.75, 3.05) is 0 Å². The van der Waals surface area contributed by atoms with Gasteiger partial charge in [0.1, 0.15) is 0 Å². The number of para-hydroxylation sites is 2. The number of fused-ring (bicyclic) bond motifs is 6. The number of benzene rings is 5. The van der Waals surface area contributed by atoms with E-state index in [1.165, 1.54) is 82.5 Å². The van der Waals surface area contributed by atoms with Gasteiger partial charge in [0.05, 0.1) is 16.6 Å². The Labute approximate surface area is 292 Å². The van der Waals surface area contributed by atoms with Crippen LogP contribution in [0.25, 0.3) is 67.4 Å². The molecule has 0 aliphatic heterocycles. The van der Waals surface area contributed by atoms with Crippen molar-refractivity contribution >= 4 is 67.4 Å². The molecule has 3 aliphatic rings. The van der Waals surface area contributed by atoms with Gasteiger partial charge in [-0.25, -0.2) is 0 Å². The van der Waals surface area contributed by atoms with Crippen LogP contribution >= 0.6 is 0 Å². The minimum absolute atomic E-state index is 0.323. The van der Waals surface area contributed by atoms with Crippen LogP contribution in [0.3, 0.4) is 0 Å². The SMILES string of the molecule is C1=C(c2ccccc2)CCC(n2c3c(c4ccccc42)=CC(c2ccc4c(c2)c2ccccc2n4C2=CC=C(c4ccccc4)CC2)CC=3)=C1. The second-order valence-corrected chi connectivity index (χ2v) is 13.9. The molecule has 240 valence electrons. The molecule has 2 aromatic heterocycles. The van der Waals surface area contributed by atoms with Crippen molar-refractivity contribution in [3.63, 3.8) is 0 Å². The van der Waals surface area contributed by atoms with Gasteiger partial charge in [-0.05, 0) is 96.4 Å². The van der Waals surface area contributed by atoms with E-state index in [9.17, 15) is 0 Å². The third-order valence-electron chi connectivity index (χ3n) is 11.1. The average molecular weight is 643 g/mol. The molecular formula is C48H38N2. The van der Waals surface area contributed by atoms with E-state index in [2.05, 4.69) is 173 Å². The monoisotopic (exact) mass is 642 g/mol. The van der Waals surface area contributed by atoms with Crippen molar-refractivity contribution in [3.8, 4) is 0 Å². The Morgan fingerprint density at radius 1 is 0.460 bits per heavy atom. The van der Waals surface area contributed by atoms with E-state index >= 15 is 0 Å². The van der Waals surface area contributed by atoms with Crippen molar-refractivity contribution in [2.24, 2.45) is 0 Å². The van der Waals surface area contributed by atoms with Gasteiger partial charge in [-0.1, -0.05) is 127 Å². The van der Waals surface area contributed by atoms with Crippen LogP contribution < -0.4 is 10.6 Å². The minimum Gasteiger partial charge on any atom is -0.313 e. The molecule has 50 heavy (non-hydrogen) atoms. The number of nitrogens with zero attached hydrogens (tertiary/aromatic N) is 2. The Kier molecular flexibility index (Phi) is 6.94. The summed E-state index contributed by atoms with van der Waals surface area (Å²) >= 11 is 0. The largest absolute Gasteiger partial charge is 0.313 e. The maximum absolute atomic E-state index is 2.54. The molecule has 2 nitrogen and oxygen atoms in total. The Bertz CT molecular complexity index is 2710. The number of hydrogen-bond acceptors (Lipinski definition) is 0. The van der Waals surface area contributed by atoms with Crippen LogP contribution in [0, 0.1) is 0 Å². The molecule has 0 radical (unpaired) electrons. The lowest BCUT2D eigenvalue weighted by atomic mass is 9.90. The van der Waals surface area contributed by atoms with Gasteiger partial charge in [-0.3, -0.25) is 0 Å². The van der Waals surface area contributed by atoms with E-state index < -0.39 is 0 Å². The van der Waals surface area contributed by atoms with Crippen molar-refractivity contribution in [1.82, 2.24) is 9.13 Å². The van der Waals surface area contributed by atoms with Crippen LogP contribution in [0.4, 0.5) is 0 Å².